The SMILES string of the molecule is N#Cc1ccc(-c2ccc3ncc(C(=O)C4CC4)c(N[C@H]4CC[C@H](N)CC4)c3c2)s1. The summed E-state index contributed by atoms with van der Waals surface area (Å²) in [5, 5.41) is 13.8. The molecule has 0 aliphatic heterocycles. The predicted molar refractivity (Wildman–Crippen MR) is 121 cm³/mol. The van der Waals surface area contributed by atoms with E-state index in [4.69, 9.17) is 11.0 Å². The van der Waals surface area contributed by atoms with E-state index < -0.39 is 0 Å². The number of fused-ring (bicyclic) bond motifs is 1. The highest BCUT2D eigenvalue weighted by Gasteiger charge is 2.33. The number of nitrogens with zero attached hydrogens (tertiary/aromatic N) is 2. The van der Waals surface area contributed by atoms with Crippen molar-refractivity contribution < 1.29 is 4.79 Å². The maximum absolute atomic E-state index is 13.0. The van der Waals surface area contributed by atoms with Gasteiger partial charge in [-0.1, -0.05) is 6.07 Å². The highest BCUT2D eigenvalue weighted by molar-refractivity contribution is 7.16. The highest BCUT2D eigenvalue weighted by Crippen LogP contribution is 2.39. The monoisotopic (exact) mass is 416 g/mol. The molecule has 0 saturated heterocycles. The molecule has 152 valence electrons. The molecule has 0 amide bonds. The third-order valence-electron chi connectivity index (χ3n) is 6.20. The molecule has 1 aromatic carbocycles. The van der Waals surface area contributed by atoms with Gasteiger partial charge in [-0.15, -0.1) is 11.3 Å². The summed E-state index contributed by atoms with van der Waals surface area (Å²) in [5.41, 5.74) is 9.63. The van der Waals surface area contributed by atoms with Crippen LogP contribution < -0.4 is 11.1 Å². The fourth-order valence-electron chi connectivity index (χ4n) is 4.27. The number of aromatic nitrogens is 1. The first kappa shape index (κ1) is 19.2. The lowest BCUT2D eigenvalue weighted by Gasteiger charge is -2.29. The van der Waals surface area contributed by atoms with E-state index in [9.17, 15) is 4.79 Å². The molecule has 0 bridgehead atoms. The van der Waals surface area contributed by atoms with Gasteiger partial charge in [-0.2, -0.15) is 5.26 Å². The molecule has 3 N–H and O–H groups in total. The molecule has 0 spiro atoms. The van der Waals surface area contributed by atoms with Crippen molar-refractivity contribution in [2.45, 2.75) is 50.6 Å². The minimum Gasteiger partial charge on any atom is -0.381 e. The number of hydrogen-bond acceptors (Lipinski definition) is 6. The molecule has 2 aliphatic rings. The summed E-state index contributed by atoms with van der Waals surface area (Å²) in [7, 11) is 0. The van der Waals surface area contributed by atoms with Gasteiger partial charge in [0.15, 0.2) is 5.78 Å². The summed E-state index contributed by atoms with van der Waals surface area (Å²) in [5.74, 6) is 0.343. The Morgan fingerprint density at radius 2 is 1.93 bits per heavy atom. The van der Waals surface area contributed by atoms with Gasteiger partial charge in [0, 0.05) is 34.5 Å². The van der Waals surface area contributed by atoms with E-state index in [0.717, 1.165) is 65.6 Å². The maximum Gasteiger partial charge on any atom is 0.169 e. The zero-order chi connectivity index (χ0) is 20.7. The van der Waals surface area contributed by atoms with Gasteiger partial charge in [0.1, 0.15) is 10.9 Å². The van der Waals surface area contributed by atoms with Crippen LogP contribution in [0.25, 0.3) is 21.3 Å². The number of nitrogens with one attached hydrogen (secondary N) is 1. The van der Waals surface area contributed by atoms with Crippen LogP contribution >= 0.6 is 11.3 Å². The number of nitriles is 1. The first-order valence-corrected chi connectivity index (χ1v) is 11.4. The van der Waals surface area contributed by atoms with E-state index >= 15 is 0 Å². The Balaban J connectivity index is 1.59. The zero-order valence-corrected chi connectivity index (χ0v) is 17.5. The molecule has 5 rings (SSSR count). The van der Waals surface area contributed by atoms with Crippen LogP contribution in [0.4, 0.5) is 5.69 Å². The van der Waals surface area contributed by atoms with Gasteiger partial charge < -0.3 is 11.1 Å². The lowest BCUT2D eigenvalue weighted by atomic mass is 9.91. The summed E-state index contributed by atoms with van der Waals surface area (Å²) >= 11 is 1.48. The fourth-order valence-corrected chi connectivity index (χ4v) is 5.07. The lowest BCUT2D eigenvalue weighted by molar-refractivity contribution is 0.0968. The quantitative estimate of drug-likeness (QED) is 0.564. The summed E-state index contributed by atoms with van der Waals surface area (Å²) in [6.45, 7) is 0. The van der Waals surface area contributed by atoms with Crippen LogP contribution in [0.3, 0.4) is 0 Å². The molecule has 2 fully saturated rings. The van der Waals surface area contributed by atoms with Gasteiger partial charge >= 0.3 is 0 Å². The summed E-state index contributed by atoms with van der Waals surface area (Å²) in [4.78, 5) is 19.4. The Hall–Kier alpha value is -2.75. The summed E-state index contributed by atoms with van der Waals surface area (Å²) in [6, 6.07) is 12.8. The van der Waals surface area contributed by atoms with Crippen LogP contribution in [-0.4, -0.2) is 22.9 Å². The smallest absolute Gasteiger partial charge is 0.169 e. The normalized spacial score (nSPS) is 21.3. The van der Waals surface area contributed by atoms with Crippen LogP contribution in [0.5, 0.6) is 0 Å². The molecule has 2 aromatic heterocycles. The summed E-state index contributed by atoms with van der Waals surface area (Å²) in [6.07, 6.45) is 7.73. The van der Waals surface area contributed by atoms with E-state index in [0.29, 0.717) is 16.5 Å². The number of pyridine rings is 1. The van der Waals surface area contributed by atoms with E-state index in [1.807, 2.05) is 24.3 Å². The average molecular weight is 417 g/mol. The van der Waals surface area contributed by atoms with Gasteiger partial charge in [0.05, 0.1) is 16.8 Å². The van der Waals surface area contributed by atoms with Crippen molar-refractivity contribution in [3.63, 3.8) is 0 Å². The zero-order valence-electron chi connectivity index (χ0n) is 16.7. The largest absolute Gasteiger partial charge is 0.381 e. The number of carbonyl (C=O) groups excluding carboxylic acids is 1. The first-order chi connectivity index (χ1) is 14.6. The number of nitrogens with two attached hydrogens (primary N) is 1. The van der Waals surface area contributed by atoms with Crippen LogP contribution in [-0.2, 0) is 0 Å². The molecular formula is C24H24N4OS. The minimum atomic E-state index is 0.142. The second kappa shape index (κ2) is 7.82. The van der Waals surface area contributed by atoms with Crippen LogP contribution in [0, 0.1) is 17.2 Å². The third-order valence-corrected chi connectivity index (χ3v) is 7.24. The van der Waals surface area contributed by atoms with Crippen molar-refractivity contribution in [2.75, 3.05) is 5.32 Å². The van der Waals surface area contributed by atoms with Crippen LogP contribution in [0.1, 0.15) is 53.8 Å². The number of anilines is 1. The van der Waals surface area contributed by atoms with Crippen molar-refractivity contribution in [1.29, 1.82) is 5.26 Å². The highest BCUT2D eigenvalue weighted by atomic mass is 32.1. The molecule has 2 heterocycles. The summed E-state index contributed by atoms with van der Waals surface area (Å²) < 4.78 is 0. The molecule has 6 heteroatoms. The lowest BCUT2D eigenvalue weighted by Crippen LogP contribution is -2.33. The van der Waals surface area contributed by atoms with E-state index in [-0.39, 0.29) is 17.7 Å². The third kappa shape index (κ3) is 3.71. The number of thiophene rings is 1. The molecule has 30 heavy (non-hydrogen) atoms. The predicted octanol–water partition coefficient (Wildman–Crippen LogP) is 5.11. The number of benzene rings is 1. The maximum atomic E-state index is 13.0. The van der Waals surface area contributed by atoms with E-state index in [1.165, 1.54) is 11.3 Å². The molecular weight excluding hydrogens is 392 g/mol. The topological polar surface area (TPSA) is 91.8 Å². The van der Waals surface area contributed by atoms with E-state index in [1.54, 1.807) is 6.20 Å². The molecule has 3 aromatic rings. The van der Waals surface area contributed by atoms with Gasteiger partial charge in [-0.05, 0) is 68.4 Å². The second-order valence-electron chi connectivity index (χ2n) is 8.45. The molecule has 2 aliphatic carbocycles. The first-order valence-electron chi connectivity index (χ1n) is 10.6. The van der Waals surface area contributed by atoms with Crippen LogP contribution in [0.2, 0.25) is 0 Å². The number of hydrogen-bond donors (Lipinski definition) is 2. The van der Waals surface area contributed by atoms with Gasteiger partial charge in [0.25, 0.3) is 0 Å². The number of Topliss-reactive ketones (excluding diaryl/α,β-unsaturated/α-hetero) is 1. The average Bonchev–Trinajstić information content (AvgIpc) is 3.51. The van der Waals surface area contributed by atoms with Gasteiger partial charge in [-0.3, -0.25) is 9.78 Å². The Labute approximate surface area is 179 Å². The Bertz CT molecular complexity index is 1150. The van der Waals surface area contributed by atoms with E-state index in [2.05, 4.69) is 22.4 Å². The van der Waals surface area contributed by atoms with Crippen molar-refractivity contribution in [2.24, 2.45) is 11.7 Å². The molecule has 0 radical (unpaired) electrons. The fraction of sp³-hybridized carbons (Fsp3) is 0.375. The molecule has 5 nitrogen and oxygen atoms in total. The van der Waals surface area contributed by atoms with Crippen molar-refractivity contribution in [3.8, 4) is 16.5 Å². The Morgan fingerprint density at radius 1 is 1.13 bits per heavy atom. The molecule has 0 atom stereocenters. The van der Waals surface area contributed by atoms with Crippen molar-refractivity contribution in [3.05, 3.63) is 47.0 Å². The minimum absolute atomic E-state index is 0.142. The number of carbonyl (C=O) groups is 1. The Kier molecular flexibility index (Phi) is 5.01. The standard InChI is InChI=1S/C24H24N4OS/c25-12-18-8-10-22(30-18)15-3-9-21-19(11-15)23(28-17-6-4-16(26)5-7-17)20(13-27-21)24(29)14-1-2-14/h3,8-11,13-14,16-17H,1-2,4-7,26H2,(H,27,28)/t16-,17-. The number of rotatable bonds is 5. The molecule has 2 saturated carbocycles. The molecule has 0 unspecified atom stereocenters. The number of ketones is 1. The van der Waals surface area contributed by atoms with Crippen molar-refractivity contribution in [1.82, 2.24) is 4.98 Å². The van der Waals surface area contributed by atoms with Gasteiger partial charge in [-0.25, -0.2) is 0 Å². The van der Waals surface area contributed by atoms with Gasteiger partial charge in [0.2, 0.25) is 0 Å². The second-order valence-corrected chi connectivity index (χ2v) is 9.53. The van der Waals surface area contributed by atoms with Crippen molar-refractivity contribution >= 4 is 33.7 Å². The van der Waals surface area contributed by atoms with Crippen LogP contribution in [0.15, 0.2) is 36.5 Å². The Morgan fingerprint density at radius 3 is 2.63 bits per heavy atom.